The minimum atomic E-state index is -0.190. The number of hydrogen-bond acceptors (Lipinski definition) is 5. The molecule has 6 heteroatoms. The molecule has 2 aliphatic rings. The minimum absolute atomic E-state index is 0.140. The van der Waals surface area contributed by atoms with Crippen LogP contribution in [-0.4, -0.2) is 64.3 Å². The van der Waals surface area contributed by atoms with Gasteiger partial charge in [0.25, 0.3) is 0 Å². The van der Waals surface area contributed by atoms with E-state index in [-0.39, 0.29) is 12.0 Å². The van der Waals surface area contributed by atoms with Crippen LogP contribution in [0.25, 0.3) is 0 Å². The average molecular weight is 307 g/mol. The highest BCUT2D eigenvalue weighted by atomic mass is 16.5. The van der Waals surface area contributed by atoms with Crippen LogP contribution in [0.4, 0.5) is 0 Å². The Morgan fingerprint density at radius 3 is 2.55 bits per heavy atom. The van der Waals surface area contributed by atoms with E-state index in [1.54, 1.807) is 0 Å². The number of amides is 1. The number of piperazine rings is 1. The summed E-state index contributed by atoms with van der Waals surface area (Å²) >= 11 is 0. The van der Waals surface area contributed by atoms with Gasteiger partial charge in [-0.25, -0.2) is 0 Å². The SMILES string of the molecule is Cc1noc(C)c1CC(=O)N1CCN([C@@H]2CCC[C@@H]2O)CC1. The maximum Gasteiger partial charge on any atom is 0.227 e. The third-order valence-electron chi connectivity index (χ3n) is 5.09. The van der Waals surface area contributed by atoms with E-state index in [9.17, 15) is 9.90 Å². The van der Waals surface area contributed by atoms with Crippen molar-refractivity contribution in [3.63, 3.8) is 0 Å². The summed E-state index contributed by atoms with van der Waals surface area (Å²) in [4.78, 5) is 16.7. The van der Waals surface area contributed by atoms with Crippen molar-refractivity contribution >= 4 is 5.91 Å². The van der Waals surface area contributed by atoms with Crippen LogP contribution in [0.3, 0.4) is 0 Å². The van der Waals surface area contributed by atoms with E-state index in [1.165, 1.54) is 0 Å². The van der Waals surface area contributed by atoms with Crippen LogP contribution in [-0.2, 0) is 11.2 Å². The van der Waals surface area contributed by atoms with Crippen molar-refractivity contribution in [2.24, 2.45) is 0 Å². The largest absolute Gasteiger partial charge is 0.391 e. The molecule has 0 radical (unpaired) electrons. The van der Waals surface area contributed by atoms with Crippen molar-refractivity contribution in [1.29, 1.82) is 0 Å². The first-order chi connectivity index (χ1) is 10.6. The highest BCUT2D eigenvalue weighted by Gasteiger charge is 2.33. The number of aliphatic hydroxyl groups is 1. The number of aryl methyl sites for hydroxylation is 2. The fourth-order valence-corrected chi connectivity index (χ4v) is 3.67. The van der Waals surface area contributed by atoms with Gasteiger partial charge in [-0.3, -0.25) is 9.69 Å². The second kappa shape index (κ2) is 6.38. The zero-order valence-electron chi connectivity index (χ0n) is 13.4. The van der Waals surface area contributed by atoms with Gasteiger partial charge in [-0.05, 0) is 33.1 Å². The number of aromatic nitrogens is 1. The van der Waals surface area contributed by atoms with E-state index in [4.69, 9.17) is 4.52 Å². The third-order valence-corrected chi connectivity index (χ3v) is 5.09. The number of rotatable bonds is 3. The Morgan fingerprint density at radius 2 is 2.00 bits per heavy atom. The molecular weight excluding hydrogens is 282 g/mol. The standard InChI is InChI=1S/C16H25N3O3/c1-11-13(12(2)22-17-11)10-16(21)19-8-6-18(7-9-19)14-4-3-5-15(14)20/h14-15,20H,3-10H2,1-2H3/t14-,15+/m1/s1. The lowest BCUT2D eigenvalue weighted by Crippen LogP contribution is -2.53. The molecule has 0 bridgehead atoms. The molecule has 1 aromatic rings. The molecule has 1 amide bonds. The number of carbonyl (C=O) groups excluding carboxylic acids is 1. The molecule has 2 atom stereocenters. The van der Waals surface area contributed by atoms with Gasteiger partial charge in [0.1, 0.15) is 5.76 Å². The van der Waals surface area contributed by atoms with E-state index in [1.807, 2.05) is 18.7 Å². The molecular formula is C16H25N3O3. The van der Waals surface area contributed by atoms with E-state index in [0.29, 0.717) is 12.5 Å². The lowest BCUT2D eigenvalue weighted by Gasteiger charge is -2.39. The van der Waals surface area contributed by atoms with Crippen molar-refractivity contribution in [1.82, 2.24) is 15.0 Å². The van der Waals surface area contributed by atoms with E-state index >= 15 is 0 Å². The molecule has 1 saturated heterocycles. The molecule has 1 aliphatic carbocycles. The molecule has 1 aliphatic heterocycles. The van der Waals surface area contributed by atoms with Crippen molar-refractivity contribution < 1.29 is 14.4 Å². The summed E-state index contributed by atoms with van der Waals surface area (Å²) in [6.07, 6.45) is 3.28. The predicted octanol–water partition coefficient (Wildman–Crippen LogP) is 0.892. The van der Waals surface area contributed by atoms with Crippen LogP contribution in [0.5, 0.6) is 0 Å². The first-order valence-electron chi connectivity index (χ1n) is 8.18. The summed E-state index contributed by atoms with van der Waals surface area (Å²) < 4.78 is 5.12. The second-order valence-corrected chi connectivity index (χ2v) is 6.46. The number of carbonyl (C=O) groups is 1. The van der Waals surface area contributed by atoms with Gasteiger partial charge in [-0.2, -0.15) is 0 Å². The Labute approximate surface area is 131 Å². The smallest absolute Gasteiger partial charge is 0.227 e. The van der Waals surface area contributed by atoms with Gasteiger partial charge in [0.05, 0.1) is 18.2 Å². The molecule has 22 heavy (non-hydrogen) atoms. The van der Waals surface area contributed by atoms with Crippen molar-refractivity contribution in [3.8, 4) is 0 Å². The molecule has 0 unspecified atom stereocenters. The van der Waals surface area contributed by atoms with Gasteiger partial charge in [0.2, 0.25) is 5.91 Å². The van der Waals surface area contributed by atoms with Crippen LogP contribution >= 0.6 is 0 Å². The van der Waals surface area contributed by atoms with Crippen molar-refractivity contribution in [3.05, 3.63) is 17.0 Å². The van der Waals surface area contributed by atoms with Crippen LogP contribution < -0.4 is 0 Å². The predicted molar refractivity (Wildman–Crippen MR) is 81.5 cm³/mol. The van der Waals surface area contributed by atoms with Crippen LogP contribution in [0.2, 0.25) is 0 Å². The summed E-state index contributed by atoms with van der Waals surface area (Å²) in [5.74, 6) is 0.875. The Bertz CT molecular complexity index is 515. The minimum Gasteiger partial charge on any atom is -0.391 e. The molecule has 1 saturated carbocycles. The molecule has 1 N–H and O–H groups in total. The molecule has 2 fully saturated rings. The zero-order chi connectivity index (χ0) is 15.7. The Kier molecular flexibility index (Phi) is 4.49. The van der Waals surface area contributed by atoms with E-state index < -0.39 is 0 Å². The number of hydrogen-bond donors (Lipinski definition) is 1. The summed E-state index contributed by atoms with van der Waals surface area (Å²) in [6, 6.07) is 0.291. The molecule has 0 aromatic carbocycles. The number of aliphatic hydroxyl groups excluding tert-OH is 1. The fraction of sp³-hybridized carbons (Fsp3) is 0.750. The highest BCUT2D eigenvalue weighted by molar-refractivity contribution is 5.79. The molecule has 6 nitrogen and oxygen atoms in total. The van der Waals surface area contributed by atoms with Gasteiger partial charge in [0.15, 0.2) is 0 Å². The molecule has 3 rings (SSSR count). The molecule has 2 heterocycles. The number of nitrogens with zero attached hydrogens (tertiary/aromatic N) is 3. The lowest BCUT2D eigenvalue weighted by atomic mass is 10.1. The molecule has 1 aromatic heterocycles. The monoisotopic (exact) mass is 307 g/mol. The third kappa shape index (κ3) is 3.03. The van der Waals surface area contributed by atoms with Gasteiger partial charge in [0, 0.05) is 37.8 Å². The summed E-state index contributed by atoms with van der Waals surface area (Å²) in [5.41, 5.74) is 1.72. The Hall–Kier alpha value is -1.40. The quantitative estimate of drug-likeness (QED) is 0.898. The summed E-state index contributed by atoms with van der Waals surface area (Å²) in [5, 5.41) is 13.9. The van der Waals surface area contributed by atoms with Crippen LogP contribution in [0.15, 0.2) is 4.52 Å². The molecule has 122 valence electrons. The Balaban J connectivity index is 1.54. The second-order valence-electron chi connectivity index (χ2n) is 6.46. The summed E-state index contributed by atoms with van der Waals surface area (Å²) in [6.45, 7) is 6.92. The van der Waals surface area contributed by atoms with Crippen LogP contribution in [0.1, 0.15) is 36.3 Å². The highest BCUT2D eigenvalue weighted by Crippen LogP contribution is 2.25. The van der Waals surface area contributed by atoms with Gasteiger partial charge in [-0.1, -0.05) is 5.16 Å². The maximum atomic E-state index is 12.5. The maximum absolute atomic E-state index is 12.5. The normalized spacial score (nSPS) is 26.6. The van der Waals surface area contributed by atoms with Gasteiger partial charge >= 0.3 is 0 Å². The van der Waals surface area contributed by atoms with Crippen molar-refractivity contribution in [2.75, 3.05) is 26.2 Å². The zero-order valence-corrected chi connectivity index (χ0v) is 13.4. The molecule has 0 spiro atoms. The average Bonchev–Trinajstić information content (AvgIpc) is 3.08. The van der Waals surface area contributed by atoms with E-state index in [0.717, 1.165) is 62.5 Å². The Morgan fingerprint density at radius 1 is 1.27 bits per heavy atom. The van der Waals surface area contributed by atoms with Gasteiger partial charge < -0.3 is 14.5 Å². The van der Waals surface area contributed by atoms with E-state index in [2.05, 4.69) is 10.1 Å². The van der Waals surface area contributed by atoms with Crippen LogP contribution in [0, 0.1) is 13.8 Å². The van der Waals surface area contributed by atoms with Gasteiger partial charge in [-0.15, -0.1) is 0 Å². The first-order valence-corrected chi connectivity index (χ1v) is 8.18. The summed E-state index contributed by atoms with van der Waals surface area (Å²) in [7, 11) is 0. The fourth-order valence-electron chi connectivity index (χ4n) is 3.67. The first kappa shape index (κ1) is 15.5. The van der Waals surface area contributed by atoms with Crippen molar-refractivity contribution in [2.45, 2.75) is 51.7 Å². The lowest BCUT2D eigenvalue weighted by molar-refractivity contribution is -0.132. The topological polar surface area (TPSA) is 69.8 Å².